The van der Waals surface area contributed by atoms with Crippen LogP contribution in [-0.2, 0) is 9.59 Å². The number of unbranched alkanes of at least 4 members (excludes halogenated alkanes) is 13. The SMILES string of the molecule is CCCCCCCCCCCCCCCCNC(=O)C=CC(N)=O. The average Bonchev–Trinajstić information content (AvgIpc) is 2.56. The number of nitrogens with two attached hydrogens (primary N) is 1. The standard InChI is InChI=1S/C20H38N2O2/c1-2-3-4-5-6-7-8-9-10-11-12-13-14-15-18-22-20(24)17-16-19(21)23/h16-17H,2-15,18H2,1H3,(H2,21,23)(H,22,24). The number of nitrogens with one attached hydrogen (secondary N) is 1. The Hall–Kier alpha value is -1.32. The van der Waals surface area contributed by atoms with Crippen LogP contribution in [0.15, 0.2) is 12.2 Å². The van der Waals surface area contributed by atoms with Crippen molar-refractivity contribution in [1.29, 1.82) is 0 Å². The number of carbonyl (C=O) groups is 2. The van der Waals surface area contributed by atoms with Crippen LogP contribution in [0.1, 0.15) is 96.8 Å². The number of hydrogen-bond acceptors (Lipinski definition) is 2. The minimum atomic E-state index is -0.596. The van der Waals surface area contributed by atoms with E-state index < -0.39 is 5.91 Å². The summed E-state index contributed by atoms with van der Waals surface area (Å²) >= 11 is 0. The van der Waals surface area contributed by atoms with Crippen LogP contribution in [0.5, 0.6) is 0 Å². The zero-order valence-corrected chi connectivity index (χ0v) is 15.7. The van der Waals surface area contributed by atoms with Gasteiger partial charge in [-0.25, -0.2) is 0 Å². The molecule has 3 N–H and O–H groups in total. The monoisotopic (exact) mass is 338 g/mol. The third kappa shape index (κ3) is 18.7. The van der Waals surface area contributed by atoms with Gasteiger partial charge in [-0.15, -0.1) is 0 Å². The first kappa shape index (κ1) is 22.7. The molecule has 0 atom stereocenters. The smallest absolute Gasteiger partial charge is 0.244 e. The summed E-state index contributed by atoms with van der Waals surface area (Å²) in [6.45, 7) is 2.93. The summed E-state index contributed by atoms with van der Waals surface area (Å²) in [5.74, 6) is -0.842. The minimum Gasteiger partial charge on any atom is -0.366 e. The Morgan fingerprint density at radius 2 is 1.12 bits per heavy atom. The lowest BCUT2D eigenvalue weighted by molar-refractivity contribution is -0.117. The Morgan fingerprint density at radius 3 is 1.54 bits per heavy atom. The molecule has 4 nitrogen and oxygen atoms in total. The first-order valence-electron chi connectivity index (χ1n) is 9.92. The van der Waals surface area contributed by atoms with Crippen molar-refractivity contribution in [2.75, 3.05) is 6.54 Å². The predicted molar refractivity (Wildman–Crippen MR) is 102 cm³/mol. The van der Waals surface area contributed by atoms with Gasteiger partial charge in [0.15, 0.2) is 0 Å². The zero-order valence-electron chi connectivity index (χ0n) is 15.7. The first-order valence-corrected chi connectivity index (χ1v) is 9.92. The molecule has 24 heavy (non-hydrogen) atoms. The molecular weight excluding hydrogens is 300 g/mol. The van der Waals surface area contributed by atoms with Gasteiger partial charge in [-0.1, -0.05) is 90.4 Å². The van der Waals surface area contributed by atoms with Crippen LogP contribution in [0.3, 0.4) is 0 Å². The summed E-state index contributed by atoms with van der Waals surface area (Å²) in [6, 6.07) is 0. The Bertz CT molecular complexity index is 341. The van der Waals surface area contributed by atoms with Gasteiger partial charge in [-0.2, -0.15) is 0 Å². The summed E-state index contributed by atoms with van der Waals surface area (Å²) in [5, 5.41) is 2.75. The molecule has 0 fully saturated rings. The first-order chi connectivity index (χ1) is 11.7. The summed E-state index contributed by atoms with van der Waals surface area (Å²) in [7, 11) is 0. The number of hydrogen-bond donors (Lipinski definition) is 2. The van der Waals surface area contributed by atoms with E-state index in [0.29, 0.717) is 6.54 Å². The van der Waals surface area contributed by atoms with Crippen molar-refractivity contribution < 1.29 is 9.59 Å². The van der Waals surface area contributed by atoms with Crippen LogP contribution in [-0.4, -0.2) is 18.4 Å². The Balaban J connectivity index is 3.15. The van der Waals surface area contributed by atoms with Crippen molar-refractivity contribution in [3.05, 3.63) is 12.2 Å². The molecule has 0 aliphatic heterocycles. The Morgan fingerprint density at radius 1 is 0.708 bits per heavy atom. The van der Waals surface area contributed by atoms with Gasteiger partial charge in [-0.05, 0) is 6.42 Å². The van der Waals surface area contributed by atoms with Crippen LogP contribution in [0, 0.1) is 0 Å². The lowest BCUT2D eigenvalue weighted by atomic mass is 10.0. The lowest BCUT2D eigenvalue weighted by Crippen LogP contribution is -2.22. The van der Waals surface area contributed by atoms with E-state index in [9.17, 15) is 9.59 Å². The molecule has 0 saturated carbocycles. The van der Waals surface area contributed by atoms with Gasteiger partial charge in [0.2, 0.25) is 11.8 Å². The molecule has 0 unspecified atom stereocenters. The van der Waals surface area contributed by atoms with Gasteiger partial charge in [0.25, 0.3) is 0 Å². The highest BCUT2D eigenvalue weighted by atomic mass is 16.2. The van der Waals surface area contributed by atoms with E-state index in [0.717, 1.165) is 18.9 Å². The van der Waals surface area contributed by atoms with Crippen molar-refractivity contribution in [2.45, 2.75) is 96.8 Å². The molecule has 0 heterocycles. The molecule has 0 saturated heterocycles. The summed E-state index contributed by atoms with van der Waals surface area (Å²) < 4.78 is 0. The fourth-order valence-corrected chi connectivity index (χ4v) is 2.75. The van der Waals surface area contributed by atoms with Gasteiger partial charge in [0.05, 0.1) is 0 Å². The lowest BCUT2D eigenvalue weighted by Gasteiger charge is -2.04. The van der Waals surface area contributed by atoms with Gasteiger partial charge in [0, 0.05) is 18.7 Å². The second kappa shape index (κ2) is 18.0. The maximum Gasteiger partial charge on any atom is 0.244 e. The maximum absolute atomic E-state index is 11.3. The molecule has 0 radical (unpaired) electrons. The Kier molecular flexibility index (Phi) is 17.0. The summed E-state index contributed by atoms with van der Waals surface area (Å²) in [4.78, 5) is 21.7. The number of carbonyl (C=O) groups excluding carboxylic acids is 2. The quantitative estimate of drug-likeness (QED) is 0.300. The van der Waals surface area contributed by atoms with E-state index in [1.807, 2.05) is 0 Å². The van der Waals surface area contributed by atoms with E-state index in [4.69, 9.17) is 5.73 Å². The third-order valence-corrected chi connectivity index (χ3v) is 4.23. The summed E-state index contributed by atoms with van der Waals surface area (Å²) in [5.41, 5.74) is 4.92. The number of primary amides is 1. The molecule has 2 amide bonds. The fourth-order valence-electron chi connectivity index (χ4n) is 2.75. The molecule has 0 bridgehead atoms. The highest BCUT2D eigenvalue weighted by Crippen LogP contribution is 2.12. The molecule has 0 aromatic heterocycles. The molecular formula is C20H38N2O2. The van der Waals surface area contributed by atoms with Gasteiger partial charge in [0.1, 0.15) is 0 Å². The van der Waals surface area contributed by atoms with Crippen LogP contribution in [0.25, 0.3) is 0 Å². The second-order valence-corrected chi connectivity index (χ2v) is 6.62. The predicted octanol–water partition coefficient (Wildman–Crippen LogP) is 4.63. The van der Waals surface area contributed by atoms with E-state index in [-0.39, 0.29) is 5.91 Å². The molecule has 0 aromatic carbocycles. The highest BCUT2D eigenvalue weighted by molar-refractivity contribution is 5.95. The second-order valence-electron chi connectivity index (χ2n) is 6.62. The minimum absolute atomic E-state index is 0.247. The normalized spacial score (nSPS) is 11.0. The number of amides is 2. The fraction of sp³-hybridized carbons (Fsp3) is 0.800. The highest BCUT2D eigenvalue weighted by Gasteiger charge is 1.96. The van der Waals surface area contributed by atoms with Crippen LogP contribution in [0.2, 0.25) is 0 Å². The van der Waals surface area contributed by atoms with E-state index in [2.05, 4.69) is 12.2 Å². The zero-order chi connectivity index (χ0) is 17.9. The molecule has 4 heteroatoms. The Labute approximate surface area is 148 Å². The molecule has 140 valence electrons. The van der Waals surface area contributed by atoms with Gasteiger partial charge < -0.3 is 11.1 Å². The maximum atomic E-state index is 11.3. The number of rotatable bonds is 17. The van der Waals surface area contributed by atoms with Crippen molar-refractivity contribution in [1.82, 2.24) is 5.32 Å². The largest absolute Gasteiger partial charge is 0.366 e. The average molecular weight is 339 g/mol. The van der Waals surface area contributed by atoms with Crippen LogP contribution < -0.4 is 11.1 Å². The third-order valence-electron chi connectivity index (χ3n) is 4.23. The van der Waals surface area contributed by atoms with Crippen molar-refractivity contribution in [3.63, 3.8) is 0 Å². The van der Waals surface area contributed by atoms with Crippen LogP contribution in [0.4, 0.5) is 0 Å². The van der Waals surface area contributed by atoms with E-state index in [1.165, 1.54) is 83.1 Å². The summed E-state index contributed by atoms with van der Waals surface area (Å²) in [6.07, 6.45) is 20.8. The molecule has 0 aliphatic carbocycles. The van der Waals surface area contributed by atoms with Crippen molar-refractivity contribution >= 4 is 11.8 Å². The molecule has 0 spiro atoms. The van der Waals surface area contributed by atoms with E-state index in [1.54, 1.807) is 0 Å². The van der Waals surface area contributed by atoms with Crippen molar-refractivity contribution in [2.24, 2.45) is 5.73 Å². The topological polar surface area (TPSA) is 72.2 Å². The molecule has 0 aliphatic rings. The van der Waals surface area contributed by atoms with Gasteiger partial charge in [-0.3, -0.25) is 9.59 Å². The van der Waals surface area contributed by atoms with Crippen molar-refractivity contribution in [3.8, 4) is 0 Å². The van der Waals surface area contributed by atoms with E-state index >= 15 is 0 Å². The molecule has 0 aromatic rings. The van der Waals surface area contributed by atoms with Crippen LogP contribution >= 0.6 is 0 Å². The van der Waals surface area contributed by atoms with Gasteiger partial charge >= 0.3 is 0 Å². The molecule has 0 rings (SSSR count).